The smallest absolute Gasteiger partial charge is 0.254 e. The molecule has 0 atom stereocenters. The second-order valence-corrected chi connectivity index (χ2v) is 7.62. The van der Waals surface area contributed by atoms with Gasteiger partial charge in [0.1, 0.15) is 5.82 Å². The fraction of sp³-hybridized carbons (Fsp3) is 0.417. The van der Waals surface area contributed by atoms with Crippen molar-refractivity contribution in [3.63, 3.8) is 0 Å². The molecule has 0 aliphatic carbocycles. The standard InChI is InChI=1S/C24H32FN3O2/c1-5-7-8-23(29)26-21-13-14-22(27(3)4)19(16-21)17-28(15-6-2)24(30)18-9-11-20(25)12-10-18/h9-14,16H,5-8,15,17H2,1-4H3,(H,26,29). The van der Waals surface area contributed by atoms with E-state index in [1.165, 1.54) is 24.3 Å². The third-order valence-electron chi connectivity index (χ3n) is 4.84. The van der Waals surface area contributed by atoms with Gasteiger partial charge in [-0.15, -0.1) is 0 Å². The molecule has 0 saturated heterocycles. The number of unbranched alkanes of at least 4 members (excludes halogenated alkanes) is 1. The number of hydrogen-bond donors (Lipinski definition) is 1. The number of anilines is 2. The largest absolute Gasteiger partial charge is 0.377 e. The Labute approximate surface area is 178 Å². The van der Waals surface area contributed by atoms with Gasteiger partial charge in [-0.25, -0.2) is 4.39 Å². The highest BCUT2D eigenvalue weighted by Gasteiger charge is 2.18. The summed E-state index contributed by atoms with van der Waals surface area (Å²) in [6.07, 6.45) is 3.12. The summed E-state index contributed by atoms with van der Waals surface area (Å²) in [7, 11) is 3.90. The predicted octanol–water partition coefficient (Wildman–Crippen LogP) is 5.07. The number of amides is 2. The number of nitrogens with zero attached hydrogens (tertiary/aromatic N) is 2. The lowest BCUT2D eigenvalue weighted by molar-refractivity contribution is -0.116. The van der Waals surface area contributed by atoms with Crippen molar-refractivity contribution in [2.75, 3.05) is 30.9 Å². The Balaban J connectivity index is 2.28. The summed E-state index contributed by atoms with van der Waals surface area (Å²) in [5.41, 5.74) is 3.11. The Morgan fingerprint density at radius 1 is 1.00 bits per heavy atom. The van der Waals surface area contributed by atoms with Crippen molar-refractivity contribution in [1.82, 2.24) is 4.90 Å². The van der Waals surface area contributed by atoms with E-state index in [1.54, 1.807) is 4.90 Å². The molecule has 0 saturated carbocycles. The van der Waals surface area contributed by atoms with Crippen LogP contribution in [0.3, 0.4) is 0 Å². The van der Waals surface area contributed by atoms with Crippen LogP contribution in [-0.4, -0.2) is 37.4 Å². The molecule has 0 bridgehead atoms. The zero-order chi connectivity index (χ0) is 22.1. The Kier molecular flexibility index (Phi) is 8.84. The van der Waals surface area contributed by atoms with E-state index < -0.39 is 0 Å². The lowest BCUT2D eigenvalue weighted by atomic mass is 10.1. The molecule has 30 heavy (non-hydrogen) atoms. The minimum Gasteiger partial charge on any atom is -0.377 e. The van der Waals surface area contributed by atoms with Crippen molar-refractivity contribution < 1.29 is 14.0 Å². The fourth-order valence-corrected chi connectivity index (χ4v) is 3.29. The first-order valence-corrected chi connectivity index (χ1v) is 10.5. The molecule has 5 nitrogen and oxygen atoms in total. The van der Waals surface area contributed by atoms with E-state index in [9.17, 15) is 14.0 Å². The molecule has 162 valence electrons. The van der Waals surface area contributed by atoms with Gasteiger partial charge in [-0.3, -0.25) is 9.59 Å². The van der Waals surface area contributed by atoms with Gasteiger partial charge in [0.15, 0.2) is 0 Å². The number of carbonyl (C=O) groups is 2. The van der Waals surface area contributed by atoms with Gasteiger partial charge >= 0.3 is 0 Å². The van der Waals surface area contributed by atoms with Gasteiger partial charge in [0, 0.05) is 50.5 Å². The Morgan fingerprint density at radius 2 is 1.70 bits per heavy atom. The number of carbonyl (C=O) groups excluding carboxylic acids is 2. The molecule has 0 spiro atoms. The average molecular weight is 414 g/mol. The first-order valence-electron chi connectivity index (χ1n) is 10.5. The van der Waals surface area contributed by atoms with Crippen molar-refractivity contribution in [2.24, 2.45) is 0 Å². The van der Waals surface area contributed by atoms with Crippen LogP contribution in [0.25, 0.3) is 0 Å². The molecule has 2 rings (SSSR count). The number of benzene rings is 2. The lowest BCUT2D eigenvalue weighted by Gasteiger charge is -2.26. The van der Waals surface area contributed by atoms with Crippen LogP contribution in [0, 0.1) is 5.82 Å². The number of hydrogen-bond acceptors (Lipinski definition) is 3. The minimum absolute atomic E-state index is 0.00629. The van der Waals surface area contributed by atoms with Crippen LogP contribution in [0.1, 0.15) is 55.5 Å². The van der Waals surface area contributed by atoms with Gasteiger partial charge < -0.3 is 15.1 Å². The Morgan fingerprint density at radius 3 is 2.30 bits per heavy atom. The zero-order valence-corrected chi connectivity index (χ0v) is 18.4. The summed E-state index contributed by atoms with van der Waals surface area (Å²) in [4.78, 5) is 28.9. The summed E-state index contributed by atoms with van der Waals surface area (Å²) in [6, 6.07) is 11.4. The maximum atomic E-state index is 13.2. The highest BCUT2D eigenvalue weighted by molar-refractivity contribution is 5.94. The average Bonchev–Trinajstić information content (AvgIpc) is 2.72. The molecule has 0 fully saturated rings. The van der Waals surface area contributed by atoms with E-state index in [0.717, 1.165) is 36.2 Å². The van der Waals surface area contributed by atoms with Gasteiger partial charge in [0.25, 0.3) is 5.91 Å². The van der Waals surface area contributed by atoms with Crippen molar-refractivity contribution in [3.05, 3.63) is 59.4 Å². The monoisotopic (exact) mass is 413 g/mol. The lowest BCUT2D eigenvalue weighted by Crippen LogP contribution is -2.32. The maximum Gasteiger partial charge on any atom is 0.254 e. The van der Waals surface area contributed by atoms with E-state index in [2.05, 4.69) is 12.2 Å². The highest BCUT2D eigenvalue weighted by atomic mass is 19.1. The van der Waals surface area contributed by atoms with E-state index >= 15 is 0 Å². The third kappa shape index (κ3) is 6.58. The quantitative estimate of drug-likeness (QED) is 0.591. The molecular formula is C24H32FN3O2. The highest BCUT2D eigenvalue weighted by Crippen LogP contribution is 2.25. The van der Waals surface area contributed by atoms with Gasteiger partial charge in [0.05, 0.1) is 0 Å². The van der Waals surface area contributed by atoms with E-state index in [1.807, 2.05) is 44.1 Å². The normalized spacial score (nSPS) is 10.6. The second-order valence-electron chi connectivity index (χ2n) is 7.62. The summed E-state index contributed by atoms with van der Waals surface area (Å²) in [5.74, 6) is -0.512. The van der Waals surface area contributed by atoms with Crippen LogP contribution < -0.4 is 10.2 Å². The molecule has 6 heteroatoms. The van der Waals surface area contributed by atoms with Crippen LogP contribution in [0.5, 0.6) is 0 Å². The number of nitrogens with one attached hydrogen (secondary N) is 1. The topological polar surface area (TPSA) is 52.7 Å². The molecular weight excluding hydrogens is 381 g/mol. The van der Waals surface area contributed by atoms with Gasteiger partial charge in [-0.2, -0.15) is 0 Å². The van der Waals surface area contributed by atoms with E-state index in [-0.39, 0.29) is 17.6 Å². The predicted molar refractivity (Wildman–Crippen MR) is 120 cm³/mol. The summed E-state index contributed by atoms with van der Waals surface area (Å²) in [5, 5.41) is 2.95. The Bertz CT molecular complexity index is 850. The van der Waals surface area contributed by atoms with Crippen molar-refractivity contribution >= 4 is 23.2 Å². The van der Waals surface area contributed by atoms with Crippen LogP contribution >= 0.6 is 0 Å². The van der Waals surface area contributed by atoms with Crippen LogP contribution in [0.2, 0.25) is 0 Å². The summed E-state index contributed by atoms with van der Waals surface area (Å²) >= 11 is 0. The van der Waals surface area contributed by atoms with Gasteiger partial charge in [-0.05, 0) is 60.9 Å². The van der Waals surface area contributed by atoms with Crippen molar-refractivity contribution in [3.8, 4) is 0 Å². The SMILES string of the molecule is CCCCC(=O)Nc1ccc(N(C)C)c(CN(CCC)C(=O)c2ccc(F)cc2)c1. The van der Waals surface area contributed by atoms with Crippen LogP contribution in [0.4, 0.5) is 15.8 Å². The molecule has 0 heterocycles. The third-order valence-corrected chi connectivity index (χ3v) is 4.84. The second kappa shape index (κ2) is 11.3. The molecule has 1 N–H and O–H groups in total. The van der Waals surface area contributed by atoms with E-state index in [0.29, 0.717) is 25.1 Å². The number of rotatable bonds is 10. The van der Waals surface area contributed by atoms with E-state index in [4.69, 9.17) is 0 Å². The van der Waals surface area contributed by atoms with Crippen LogP contribution in [0.15, 0.2) is 42.5 Å². The van der Waals surface area contributed by atoms with Gasteiger partial charge in [0.2, 0.25) is 5.91 Å². The first-order chi connectivity index (χ1) is 14.3. The summed E-state index contributed by atoms with van der Waals surface area (Å²) in [6.45, 7) is 5.05. The molecule has 0 radical (unpaired) electrons. The Hall–Kier alpha value is -2.89. The van der Waals surface area contributed by atoms with Crippen molar-refractivity contribution in [2.45, 2.75) is 46.1 Å². The van der Waals surface area contributed by atoms with Crippen molar-refractivity contribution in [1.29, 1.82) is 0 Å². The molecule has 0 aromatic heterocycles. The molecule has 2 amide bonds. The fourth-order valence-electron chi connectivity index (χ4n) is 3.29. The summed E-state index contributed by atoms with van der Waals surface area (Å²) < 4.78 is 13.2. The van der Waals surface area contributed by atoms with Crippen LogP contribution in [-0.2, 0) is 11.3 Å². The van der Waals surface area contributed by atoms with Gasteiger partial charge in [-0.1, -0.05) is 20.3 Å². The molecule has 2 aromatic carbocycles. The zero-order valence-electron chi connectivity index (χ0n) is 18.4. The molecule has 0 unspecified atom stereocenters. The maximum absolute atomic E-state index is 13.2. The molecule has 0 aliphatic heterocycles. The number of halogens is 1. The molecule has 2 aromatic rings. The first kappa shape index (κ1) is 23.4. The minimum atomic E-state index is -0.366. The molecule has 0 aliphatic rings.